The van der Waals surface area contributed by atoms with Gasteiger partial charge in [-0.25, -0.2) is 4.79 Å². The molecule has 4 saturated heterocycles. The maximum Gasteiger partial charge on any atom is 0.331 e. The van der Waals surface area contributed by atoms with Crippen LogP contribution in [0.25, 0.3) is 28.4 Å². The smallest absolute Gasteiger partial charge is 0.331 e. The Bertz CT molecular complexity index is 2640. The van der Waals surface area contributed by atoms with E-state index < -0.39 is 170 Å². The van der Waals surface area contributed by atoms with Crippen molar-refractivity contribution in [2.45, 2.75) is 137 Å². The lowest BCUT2D eigenvalue weighted by molar-refractivity contribution is -0.361. The van der Waals surface area contributed by atoms with E-state index in [0.29, 0.717) is 5.56 Å². The van der Waals surface area contributed by atoms with Crippen LogP contribution in [0.4, 0.5) is 0 Å². The molecular weight excluding hydrogens is 993 g/mol. The summed E-state index contributed by atoms with van der Waals surface area (Å²) in [6.07, 6.45) is -32.3. The van der Waals surface area contributed by atoms with Crippen LogP contribution in [0.2, 0.25) is 0 Å². The Balaban J connectivity index is 1.04. The normalized spacial score (nSPS) is 36.7. The second-order valence-corrected chi connectivity index (χ2v) is 18.0. The molecule has 5 heterocycles. The Hall–Kier alpha value is -5.60. The molecule has 0 spiro atoms. The summed E-state index contributed by atoms with van der Waals surface area (Å²) < 4.78 is 57.8. The number of carbonyl (C=O) groups is 1. The third-order valence-electron chi connectivity index (χ3n) is 12.9. The van der Waals surface area contributed by atoms with Crippen molar-refractivity contribution in [3.8, 4) is 40.1 Å². The maximum absolute atomic E-state index is 14.4. The van der Waals surface area contributed by atoms with Gasteiger partial charge in [-0.15, -0.1) is 0 Å². The first-order valence-corrected chi connectivity index (χ1v) is 23.1. The summed E-state index contributed by atoms with van der Waals surface area (Å²) in [6, 6.07) is 12.9. The van der Waals surface area contributed by atoms with Gasteiger partial charge in [-0.1, -0.05) is 12.1 Å². The third-order valence-corrected chi connectivity index (χ3v) is 12.9. The number of rotatable bonds is 14. The molecule has 0 unspecified atom stereocenters. The first-order valence-electron chi connectivity index (χ1n) is 23.1. The second kappa shape index (κ2) is 22.7. The van der Waals surface area contributed by atoms with Gasteiger partial charge in [0.25, 0.3) is 0 Å². The molecule has 4 aliphatic heterocycles. The molecule has 14 N–H and O–H groups in total. The van der Waals surface area contributed by atoms with Crippen molar-refractivity contribution in [1.82, 2.24) is 0 Å². The molecule has 4 aliphatic rings. The lowest BCUT2D eigenvalue weighted by Crippen LogP contribution is -2.65. The van der Waals surface area contributed by atoms with E-state index >= 15 is 0 Å². The topological polar surface area (TPSA) is 414 Å². The lowest BCUT2D eigenvalue weighted by atomic mass is 9.97. The van der Waals surface area contributed by atoms with Gasteiger partial charge >= 0.3 is 5.97 Å². The molecule has 20 atom stereocenters. The fourth-order valence-corrected chi connectivity index (χ4v) is 8.64. The number of aliphatic hydroxyl groups is 11. The summed E-state index contributed by atoms with van der Waals surface area (Å²) in [7, 11) is 0. The van der Waals surface area contributed by atoms with Crippen molar-refractivity contribution in [1.29, 1.82) is 0 Å². The molecule has 8 rings (SSSR count). The van der Waals surface area contributed by atoms with Gasteiger partial charge in [0.1, 0.15) is 113 Å². The van der Waals surface area contributed by atoms with Crippen molar-refractivity contribution in [2.75, 3.05) is 13.2 Å². The SMILES string of the molecule is C[C@@H]1O[C@@H](Oc2cc(O)c3c(=O)c(O[C@@H]4O[C@H](CO[C@@H]5O[C@@H](C)[C@H](OC(=O)C=Cc6ccc(O)cc6)[C@@H](O[C@@H]6O[C@H](CO)[C@@H](O)[C@H](O)[C@H]6O)[C@H]5O)[C@H](O)[C@H](O)[C@H]4O)c(-c4ccc(O)cc4)oc3c2)[C@H](O)[C@H](O)[C@H]1O. The van der Waals surface area contributed by atoms with Gasteiger partial charge in [0.2, 0.25) is 23.8 Å². The largest absolute Gasteiger partial charge is 0.508 e. The van der Waals surface area contributed by atoms with Gasteiger partial charge in [-0.3, -0.25) is 4.79 Å². The van der Waals surface area contributed by atoms with Crippen LogP contribution >= 0.6 is 0 Å². The number of hydrogen-bond acceptors (Lipinski definition) is 26. The molecule has 3 aromatic carbocycles. The summed E-state index contributed by atoms with van der Waals surface area (Å²) in [5.74, 6) is -3.35. The molecule has 0 radical (unpaired) electrons. The average molecular weight is 1050 g/mol. The molecule has 1 aromatic heterocycles. The molecule has 404 valence electrons. The number of ether oxygens (including phenoxy) is 9. The highest BCUT2D eigenvalue weighted by molar-refractivity contribution is 5.88. The Kier molecular flexibility index (Phi) is 16.8. The molecule has 0 aliphatic carbocycles. The minimum Gasteiger partial charge on any atom is -0.508 e. The fourth-order valence-electron chi connectivity index (χ4n) is 8.64. The summed E-state index contributed by atoms with van der Waals surface area (Å²) in [4.78, 5) is 27.5. The van der Waals surface area contributed by atoms with Crippen LogP contribution in [-0.4, -0.2) is 213 Å². The minimum atomic E-state index is -2.11. The van der Waals surface area contributed by atoms with E-state index in [2.05, 4.69) is 0 Å². The van der Waals surface area contributed by atoms with Crippen LogP contribution in [-0.2, 0) is 38.0 Å². The molecule has 4 fully saturated rings. The van der Waals surface area contributed by atoms with Gasteiger partial charge < -0.3 is 119 Å². The first kappa shape index (κ1) is 54.7. The molecule has 4 aromatic rings. The number of aliphatic hydroxyl groups excluding tert-OH is 11. The number of aromatic hydroxyl groups is 3. The quantitative estimate of drug-likeness (QED) is 0.0439. The highest BCUT2D eigenvalue weighted by atomic mass is 16.8. The summed E-state index contributed by atoms with van der Waals surface area (Å²) >= 11 is 0. The molecule has 74 heavy (non-hydrogen) atoms. The standard InChI is InChI=1S/C48H56O26/c1-17-30(54)34(58)37(61)46(66-17)68-23-13-24(52)29-25(14-23)69-42(20-6-10-22(51)11-7-20)43(33(29)57)73-48-39(63)36(60)32(56)27(71-48)16-65-45-40(64)44(74-47-38(62)35(59)31(55)26(15-49)70-47)41(18(2)67-45)72-28(53)12-5-19-3-8-21(50)9-4-19/h3-14,17-18,26-27,30-32,34-41,44-52,54-56,58-64H,15-16H2,1-2H3/t17-,18-,26+,27+,30-,31+,32-,34+,35-,36-,37+,38+,39+,40+,41-,44-,45+,46-,47-,48-/m0/s1. The number of carbonyl (C=O) groups excluding carboxylic acids is 1. The van der Waals surface area contributed by atoms with Crippen molar-refractivity contribution >= 4 is 23.0 Å². The van der Waals surface area contributed by atoms with Crippen LogP contribution in [0.15, 0.2) is 76.0 Å². The zero-order valence-electron chi connectivity index (χ0n) is 39.0. The van der Waals surface area contributed by atoms with Gasteiger partial charge in [-0.05, 0) is 61.9 Å². The van der Waals surface area contributed by atoms with E-state index in [-0.39, 0.29) is 28.4 Å². The lowest BCUT2D eigenvalue weighted by Gasteiger charge is -2.46. The highest BCUT2D eigenvalue weighted by Crippen LogP contribution is 2.39. The fraction of sp³-hybridized carbons (Fsp3) is 0.500. The number of esters is 1. The number of hydrogen-bond donors (Lipinski definition) is 14. The van der Waals surface area contributed by atoms with E-state index in [1.165, 1.54) is 68.5 Å². The number of benzene rings is 3. The van der Waals surface area contributed by atoms with Gasteiger partial charge in [0, 0.05) is 23.8 Å². The zero-order valence-corrected chi connectivity index (χ0v) is 39.0. The van der Waals surface area contributed by atoms with Gasteiger partial charge in [0.15, 0.2) is 24.4 Å². The molecule has 0 amide bonds. The van der Waals surface area contributed by atoms with Crippen LogP contribution in [0.1, 0.15) is 19.4 Å². The summed E-state index contributed by atoms with van der Waals surface area (Å²) in [6.45, 7) is 1.15. The van der Waals surface area contributed by atoms with E-state index in [9.17, 15) is 81.1 Å². The Morgan fingerprint density at radius 1 is 0.608 bits per heavy atom. The predicted octanol–water partition coefficient (Wildman–Crippen LogP) is -3.10. The predicted molar refractivity (Wildman–Crippen MR) is 243 cm³/mol. The van der Waals surface area contributed by atoms with Crippen molar-refractivity contribution < 1.29 is 123 Å². The van der Waals surface area contributed by atoms with E-state index in [4.69, 9.17) is 47.0 Å². The molecule has 0 saturated carbocycles. The Morgan fingerprint density at radius 3 is 1.82 bits per heavy atom. The highest BCUT2D eigenvalue weighted by Gasteiger charge is 2.53. The van der Waals surface area contributed by atoms with E-state index in [0.717, 1.165) is 18.2 Å². The van der Waals surface area contributed by atoms with E-state index in [1.54, 1.807) is 0 Å². The van der Waals surface area contributed by atoms with Crippen LogP contribution in [0, 0.1) is 0 Å². The van der Waals surface area contributed by atoms with Crippen molar-refractivity contribution in [3.05, 3.63) is 82.5 Å². The Labute approximate surface area is 418 Å². The molecular formula is C48H56O26. The molecule has 26 nitrogen and oxygen atoms in total. The van der Waals surface area contributed by atoms with Gasteiger partial charge in [-0.2, -0.15) is 0 Å². The monoisotopic (exact) mass is 1050 g/mol. The van der Waals surface area contributed by atoms with Gasteiger partial charge in [0.05, 0.1) is 25.4 Å². The third kappa shape index (κ3) is 11.3. The molecule has 26 heteroatoms. The maximum atomic E-state index is 14.4. The zero-order chi connectivity index (χ0) is 53.4. The number of phenolic OH excluding ortho intramolecular Hbond substituents is 3. The first-order chi connectivity index (χ1) is 35.1. The van der Waals surface area contributed by atoms with Crippen molar-refractivity contribution in [2.24, 2.45) is 0 Å². The van der Waals surface area contributed by atoms with Crippen LogP contribution in [0.5, 0.6) is 28.7 Å². The van der Waals surface area contributed by atoms with E-state index in [1.807, 2.05) is 0 Å². The van der Waals surface area contributed by atoms with Crippen molar-refractivity contribution in [3.63, 3.8) is 0 Å². The second-order valence-electron chi connectivity index (χ2n) is 18.0. The summed E-state index contributed by atoms with van der Waals surface area (Å²) in [5, 5.41) is 148. The molecule has 0 bridgehead atoms. The minimum absolute atomic E-state index is 0.0269. The number of fused-ring (bicyclic) bond motifs is 1. The number of phenols is 3. The van der Waals surface area contributed by atoms with Crippen LogP contribution < -0.4 is 14.9 Å². The summed E-state index contributed by atoms with van der Waals surface area (Å²) in [5.41, 5.74) is -0.878. The van der Waals surface area contributed by atoms with Crippen LogP contribution in [0.3, 0.4) is 0 Å². The average Bonchev–Trinajstić information content (AvgIpc) is 3.37. The Morgan fingerprint density at radius 2 is 1.18 bits per heavy atom.